The highest BCUT2D eigenvalue weighted by Crippen LogP contribution is 2.30. The Labute approximate surface area is 175 Å². The van der Waals surface area contributed by atoms with Gasteiger partial charge in [-0.05, 0) is 48.4 Å². The van der Waals surface area contributed by atoms with E-state index >= 15 is 0 Å². The van der Waals surface area contributed by atoms with Crippen LogP contribution < -0.4 is 10.1 Å². The summed E-state index contributed by atoms with van der Waals surface area (Å²) in [5, 5.41) is 21.1. The molecule has 0 unspecified atom stereocenters. The molecule has 29 heavy (non-hydrogen) atoms. The maximum atomic E-state index is 12.9. The van der Waals surface area contributed by atoms with Crippen LogP contribution in [0.15, 0.2) is 42.5 Å². The Hall–Kier alpha value is -2.97. The predicted molar refractivity (Wildman–Crippen MR) is 110 cm³/mol. The van der Waals surface area contributed by atoms with Crippen molar-refractivity contribution < 1.29 is 19.0 Å². The molecule has 0 radical (unpaired) electrons. The van der Waals surface area contributed by atoms with Crippen LogP contribution in [0.25, 0.3) is 11.1 Å². The van der Waals surface area contributed by atoms with Crippen molar-refractivity contribution in [1.82, 2.24) is 15.5 Å². The topological polar surface area (TPSA) is 84.3 Å². The van der Waals surface area contributed by atoms with Gasteiger partial charge < -0.3 is 15.2 Å². The minimum Gasteiger partial charge on any atom is -0.504 e. The third-order valence-electron chi connectivity index (χ3n) is 3.77. The number of phenolic OH excluding ortho intramolecular Hbond substituents is 1. The van der Waals surface area contributed by atoms with E-state index in [0.717, 1.165) is 16.9 Å². The number of phenols is 1. The molecule has 6 nitrogen and oxygen atoms in total. The monoisotopic (exact) mass is 433 g/mol. The molecule has 1 amide bonds. The number of hydrogen-bond donors (Lipinski definition) is 2. The Morgan fingerprint density at radius 3 is 2.69 bits per heavy atom. The molecular weight excluding hydrogens is 417 g/mol. The van der Waals surface area contributed by atoms with E-state index in [1.54, 1.807) is 30.3 Å². The zero-order valence-corrected chi connectivity index (χ0v) is 16.9. The molecule has 0 bridgehead atoms. The van der Waals surface area contributed by atoms with Gasteiger partial charge in [-0.1, -0.05) is 41.1 Å². The zero-order valence-electron chi connectivity index (χ0n) is 15.4. The lowest BCUT2D eigenvalue weighted by Gasteiger charge is -2.06. The lowest BCUT2D eigenvalue weighted by molar-refractivity contribution is 0.0950. The number of ether oxygens (including phenoxy) is 1. The van der Waals surface area contributed by atoms with Gasteiger partial charge in [-0.2, -0.15) is 0 Å². The average molecular weight is 434 g/mol. The molecule has 0 fully saturated rings. The molecule has 2 aromatic carbocycles. The van der Waals surface area contributed by atoms with Gasteiger partial charge in [0.15, 0.2) is 16.5 Å². The molecule has 9 heteroatoms. The number of hydrogen-bond acceptors (Lipinski definition) is 6. The lowest BCUT2D eigenvalue weighted by Crippen LogP contribution is -2.22. The minimum absolute atomic E-state index is 0.0381. The molecule has 1 heterocycles. The summed E-state index contributed by atoms with van der Waals surface area (Å²) >= 11 is 7.36. The Morgan fingerprint density at radius 1 is 1.24 bits per heavy atom. The first-order chi connectivity index (χ1) is 14.0. The van der Waals surface area contributed by atoms with Crippen LogP contribution in [0.5, 0.6) is 11.5 Å². The minimum atomic E-state index is -0.397. The van der Waals surface area contributed by atoms with E-state index < -0.39 is 5.91 Å². The predicted octanol–water partition coefficient (Wildman–Crippen LogP) is 4.45. The summed E-state index contributed by atoms with van der Waals surface area (Å²) in [6, 6.07) is 10.7. The number of halogens is 2. The molecule has 3 aromatic rings. The molecule has 0 saturated heterocycles. The summed E-state index contributed by atoms with van der Waals surface area (Å²) in [6.45, 7) is 2.48. The van der Waals surface area contributed by atoms with Gasteiger partial charge in [0.1, 0.15) is 5.82 Å². The quantitative estimate of drug-likeness (QED) is 0.575. The van der Waals surface area contributed by atoms with Gasteiger partial charge in [0.2, 0.25) is 5.01 Å². The van der Waals surface area contributed by atoms with Crippen molar-refractivity contribution in [3.05, 3.63) is 69.4 Å². The first kappa shape index (κ1) is 20.8. The number of aromatic hydroxyl groups is 1. The number of benzene rings is 2. The van der Waals surface area contributed by atoms with E-state index in [4.69, 9.17) is 16.3 Å². The van der Waals surface area contributed by atoms with Gasteiger partial charge in [0.25, 0.3) is 5.91 Å². The third kappa shape index (κ3) is 5.52. The van der Waals surface area contributed by atoms with Crippen LogP contribution >= 0.6 is 22.9 Å². The third-order valence-corrected chi connectivity index (χ3v) is 5.12. The molecule has 2 N–H and O–H groups in total. The normalized spacial score (nSPS) is 11.3. The number of rotatable bonds is 7. The fraction of sp³-hybridized carbons (Fsp3) is 0.150. The van der Waals surface area contributed by atoms with Gasteiger partial charge in [-0.15, -0.1) is 10.2 Å². The van der Waals surface area contributed by atoms with Crippen LogP contribution in [0.2, 0.25) is 0 Å². The molecule has 0 aliphatic rings. The molecule has 150 valence electrons. The Morgan fingerprint density at radius 2 is 1.97 bits per heavy atom. The van der Waals surface area contributed by atoms with Crippen molar-refractivity contribution in [3.63, 3.8) is 0 Å². The molecule has 1 aromatic heterocycles. The highest BCUT2D eigenvalue weighted by molar-refractivity contribution is 7.15. The highest BCUT2D eigenvalue weighted by Gasteiger charge is 2.14. The van der Waals surface area contributed by atoms with Gasteiger partial charge in [-0.25, -0.2) is 4.39 Å². The Kier molecular flexibility index (Phi) is 6.79. The van der Waals surface area contributed by atoms with Crippen LogP contribution in [0.1, 0.15) is 32.9 Å². The van der Waals surface area contributed by atoms with Crippen LogP contribution in [0, 0.1) is 5.82 Å². The van der Waals surface area contributed by atoms with Crippen molar-refractivity contribution in [3.8, 4) is 11.5 Å². The number of amides is 1. The molecule has 3 rings (SSSR count). The van der Waals surface area contributed by atoms with E-state index in [0.29, 0.717) is 28.0 Å². The molecule has 0 atom stereocenters. The summed E-state index contributed by atoms with van der Waals surface area (Å²) < 4.78 is 18.3. The fourth-order valence-electron chi connectivity index (χ4n) is 2.37. The summed E-state index contributed by atoms with van der Waals surface area (Å²) in [6.07, 6.45) is 1.64. The first-order valence-electron chi connectivity index (χ1n) is 8.65. The maximum Gasteiger partial charge on any atom is 0.282 e. The largest absolute Gasteiger partial charge is 0.504 e. The number of carbonyl (C=O) groups is 1. The Bertz CT molecular complexity index is 1040. The van der Waals surface area contributed by atoms with E-state index in [2.05, 4.69) is 15.5 Å². The van der Waals surface area contributed by atoms with Crippen molar-refractivity contribution in [2.24, 2.45) is 0 Å². The average Bonchev–Trinajstić information content (AvgIpc) is 3.20. The lowest BCUT2D eigenvalue weighted by atomic mass is 10.2. The van der Waals surface area contributed by atoms with E-state index in [9.17, 15) is 14.3 Å². The van der Waals surface area contributed by atoms with Crippen LogP contribution in [-0.4, -0.2) is 27.8 Å². The smallest absolute Gasteiger partial charge is 0.282 e. The molecule has 0 aliphatic carbocycles. The Balaban J connectivity index is 1.68. The summed E-state index contributed by atoms with van der Waals surface area (Å²) in [7, 11) is 0. The number of nitrogens with one attached hydrogen (secondary N) is 1. The second-order valence-corrected chi connectivity index (χ2v) is 7.26. The van der Waals surface area contributed by atoms with Crippen molar-refractivity contribution in [2.45, 2.75) is 13.5 Å². The number of carbonyl (C=O) groups excluding carboxylic acids is 1. The van der Waals surface area contributed by atoms with E-state index in [1.807, 2.05) is 6.92 Å². The summed E-state index contributed by atoms with van der Waals surface area (Å²) in [4.78, 5) is 12.2. The number of aromatic nitrogens is 2. The second kappa shape index (κ2) is 9.49. The summed E-state index contributed by atoms with van der Waals surface area (Å²) in [5.41, 5.74) is 1.47. The van der Waals surface area contributed by atoms with Crippen LogP contribution in [-0.2, 0) is 6.54 Å². The molecule has 0 spiro atoms. The van der Waals surface area contributed by atoms with Gasteiger partial charge in [-0.3, -0.25) is 4.79 Å². The van der Waals surface area contributed by atoms with Crippen molar-refractivity contribution in [1.29, 1.82) is 0 Å². The fourth-order valence-corrected chi connectivity index (χ4v) is 3.32. The van der Waals surface area contributed by atoms with Crippen molar-refractivity contribution >= 4 is 40.0 Å². The zero-order chi connectivity index (χ0) is 20.8. The first-order valence-corrected chi connectivity index (χ1v) is 9.85. The van der Waals surface area contributed by atoms with Crippen LogP contribution in [0.3, 0.4) is 0 Å². The summed E-state index contributed by atoms with van der Waals surface area (Å²) in [5.74, 6) is -0.344. The number of nitrogens with zero attached hydrogens (tertiary/aromatic N) is 2. The standard InChI is InChI=1S/C20H17ClFN3O3S/c1-2-28-17-10-13(5-8-16(17)26)9-15(21)19-24-25-20(29-19)18(27)23-11-12-3-6-14(22)7-4-12/h3-10,26H,2,11H2,1H3,(H,23,27)/b15-9-. The molecular formula is C20H17ClFN3O3S. The van der Waals surface area contributed by atoms with E-state index in [-0.39, 0.29) is 23.1 Å². The van der Waals surface area contributed by atoms with E-state index in [1.165, 1.54) is 18.2 Å². The van der Waals surface area contributed by atoms with Gasteiger partial charge in [0.05, 0.1) is 11.6 Å². The van der Waals surface area contributed by atoms with Crippen LogP contribution in [0.4, 0.5) is 4.39 Å². The van der Waals surface area contributed by atoms with Crippen molar-refractivity contribution in [2.75, 3.05) is 6.61 Å². The highest BCUT2D eigenvalue weighted by atomic mass is 35.5. The molecule has 0 aliphatic heterocycles. The SMILES string of the molecule is CCOc1cc(/C=C(\Cl)c2nnc(C(=O)NCc3ccc(F)cc3)s2)ccc1O. The van der Waals surface area contributed by atoms with Gasteiger partial charge >= 0.3 is 0 Å². The molecule has 0 saturated carbocycles. The maximum absolute atomic E-state index is 12.9. The van der Waals surface area contributed by atoms with Gasteiger partial charge in [0, 0.05) is 6.54 Å². The second-order valence-electron chi connectivity index (χ2n) is 5.87.